The standard InChI is InChI=1S/C11H13ClN2O4/c12-8-3-1-2-7(8)6-13-11(15)9-4-5-10(18-9)14(16)17/h4-5,7-8H,1-3,6H2,(H,13,15). The Labute approximate surface area is 108 Å². The number of carbonyl (C=O) groups excluding carboxylic acids is 1. The van der Waals surface area contributed by atoms with E-state index < -0.39 is 16.7 Å². The highest BCUT2D eigenvalue weighted by Gasteiger charge is 2.26. The second-order valence-corrected chi connectivity index (χ2v) is 4.87. The molecular formula is C11H13ClN2O4. The Kier molecular flexibility index (Phi) is 3.86. The zero-order chi connectivity index (χ0) is 13.1. The predicted octanol–water partition coefficient (Wildman–Crippen LogP) is 2.33. The van der Waals surface area contributed by atoms with Crippen molar-refractivity contribution in [2.24, 2.45) is 5.92 Å². The number of nitro groups is 1. The molecule has 7 heteroatoms. The number of hydrogen-bond donors (Lipinski definition) is 1. The monoisotopic (exact) mass is 272 g/mol. The molecule has 1 aliphatic rings. The van der Waals surface area contributed by atoms with Gasteiger partial charge in [0.25, 0.3) is 5.91 Å². The van der Waals surface area contributed by atoms with Gasteiger partial charge in [-0.05, 0) is 24.8 Å². The quantitative estimate of drug-likeness (QED) is 0.518. The normalized spacial score (nSPS) is 22.9. The van der Waals surface area contributed by atoms with Gasteiger partial charge in [-0.1, -0.05) is 6.42 Å². The molecule has 1 aliphatic carbocycles. The van der Waals surface area contributed by atoms with Crippen LogP contribution >= 0.6 is 11.6 Å². The lowest BCUT2D eigenvalue weighted by Gasteiger charge is -2.13. The van der Waals surface area contributed by atoms with E-state index in [0.717, 1.165) is 25.3 Å². The third-order valence-corrected chi connectivity index (χ3v) is 3.66. The summed E-state index contributed by atoms with van der Waals surface area (Å²) in [5, 5.41) is 13.2. The zero-order valence-electron chi connectivity index (χ0n) is 9.60. The minimum atomic E-state index is -0.678. The van der Waals surface area contributed by atoms with Gasteiger partial charge in [0.05, 0.1) is 6.07 Å². The van der Waals surface area contributed by atoms with Crippen molar-refractivity contribution in [1.82, 2.24) is 5.32 Å². The molecule has 0 bridgehead atoms. The van der Waals surface area contributed by atoms with E-state index in [1.165, 1.54) is 6.07 Å². The molecule has 18 heavy (non-hydrogen) atoms. The highest BCUT2D eigenvalue weighted by molar-refractivity contribution is 6.21. The number of amides is 1. The predicted molar refractivity (Wildman–Crippen MR) is 64.7 cm³/mol. The largest absolute Gasteiger partial charge is 0.433 e. The van der Waals surface area contributed by atoms with Crippen molar-refractivity contribution in [1.29, 1.82) is 0 Å². The Morgan fingerprint density at radius 1 is 1.56 bits per heavy atom. The van der Waals surface area contributed by atoms with Crippen LogP contribution in [-0.4, -0.2) is 22.8 Å². The van der Waals surface area contributed by atoms with Gasteiger partial charge >= 0.3 is 5.88 Å². The fourth-order valence-corrected chi connectivity index (χ4v) is 2.45. The molecule has 1 fully saturated rings. The molecule has 1 amide bonds. The number of rotatable bonds is 4. The highest BCUT2D eigenvalue weighted by Crippen LogP contribution is 2.29. The van der Waals surface area contributed by atoms with E-state index in [9.17, 15) is 14.9 Å². The molecule has 0 saturated heterocycles. The Bertz CT molecular complexity index is 460. The van der Waals surface area contributed by atoms with E-state index in [2.05, 4.69) is 5.32 Å². The average molecular weight is 273 g/mol. The number of halogens is 1. The summed E-state index contributed by atoms with van der Waals surface area (Å²) in [6.07, 6.45) is 3.03. The SMILES string of the molecule is O=C(NCC1CCCC1Cl)c1ccc([N+](=O)[O-])o1. The first-order valence-corrected chi connectivity index (χ1v) is 6.18. The second-order valence-electron chi connectivity index (χ2n) is 4.31. The van der Waals surface area contributed by atoms with E-state index in [4.69, 9.17) is 16.0 Å². The van der Waals surface area contributed by atoms with Crippen molar-refractivity contribution >= 4 is 23.4 Å². The van der Waals surface area contributed by atoms with E-state index in [1.807, 2.05) is 0 Å². The molecule has 6 nitrogen and oxygen atoms in total. The molecule has 1 aromatic heterocycles. The lowest BCUT2D eigenvalue weighted by molar-refractivity contribution is -0.402. The summed E-state index contributed by atoms with van der Waals surface area (Å²) in [6, 6.07) is 2.45. The smallest absolute Gasteiger partial charge is 0.395 e. The minimum Gasteiger partial charge on any atom is -0.395 e. The number of nitrogens with zero attached hydrogens (tertiary/aromatic N) is 1. The molecule has 1 N–H and O–H groups in total. The summed E-state index contributed by atoms with van der Waals surface area (Å²) in [4.78, 5) is 21.4. The number of nitrogens with one attached hydrogen (secondary N) is 1. The summed E-state index contributed by atoms with van der Waals surface area (Å²) in [7, 11) is 0. The van der Waals surface area contributed by atoms with E-state index in [-0.39, 0.29) is 17.1 Å². The fraction of sp³-hybridized carbons (Fsp3) is 0.545. The molecule has 1 saturated carbocycles. The first-order valence-electron chi connectivity index (χ1n) is 5.74. The van der Waals surface area contributed by atoms with Crippen LogP contribution in [0.25, 0.3) is 0 Å². The lowest BCUT2D eigenvalue weighted by atomic mass is 10.1. The van der Waals surface area contributed by atoms with Crippen molar-refractivity contribution < 1.29 is 14.1 Å². The number of hydrogen-bond acceptors (Lipinski definition) is 4. The molecule has 2 rings (SSSR count). The van der Waals surface area contributed by atoms with Crippen LogP contribution in [0.15, 0.2) is 16.5 Å². The van der Waals surface area contributed by atoms with Crippen molar-refractivity contribution in [3.05, 3.63) is 28.0 Å². The molecule has 2 atom stereocenters. The maximum atomic E-state index is 11.7. The van der Waals surface area contributed by atoms with E-state index >= 15 is 0 Å². The van der Waals surface area contributed by atoms with Gasteiger partial charge in [-0.2, -0.15) is 0 Å². The topological polar surface area (TPSA) is 85.4 Å². The zero-order valence-corrected chi connectivity index (χ0v) is 10.4. The van der Waals surface area contributed by atoms with Crippen LogP contribution < -0.4 is 5.32 Å². The molecule has 1 heterocycles. The van der Waals surface area contributed by atoms with Gasteiger partial charge in [0.1, 0.15) is 4.92 Å². The fourth-order valence-electron chi connectivity index (χ4n) is 2.08. The third-order valence-electron chi connectivity index (χ3n) is 3.09. The number of alkyl halides is 1. The maximum absolute atomic E-state index is 11.7. The van der Waals surface area contributed by atoms with Crippen LogP contribution in [0.1, 0.15) is 29.8 Å². The molecule has 1 aromatic rings. The van der Waals surface area contributed by atoms with Crippen LogP contribution in [-0.2, 0) is 0 Å². The Morgan fingerprint density at radius 3 is 2.89 bits per heavy atom. The van der Waals surface area contributed by atoms with Gasteiger partial charge in [0, 0.05) is 11.9 Å². The van der Waals surface area contributed by atoms with Crippen LogP contribution in [0, 0.1) is 16.0 Å². The number of carbonyl (C=O) groups is 1. The summed E-state index contributed by atoms with van der Waals surface area (Å²) >= 11 is 6.09. The van der Waals surface area contributed by atoms with Crippen molar-refractivity contribution in [2.45, 2.75) is 24.6 Å². The first kappa shape index (κ1) is 12.9. The van der Waals surface area contributed by atoms with Gasteiger partial charge < -0.3 is 9.73 Å². The molecule has 0 aromatic carbocycles. The lowest BCUT2D eigenvalue weighted by Crippen LogP contribution is -2.30. The molecular weight excluding hydrogens is 260 g/mol. The van der Waals surface area contributed by atoms with Gasteiger partial charge in [-0.25, -0.2) is 0 Å². The molecule has 0 spiro atoms. The van der Waals surface area contributed by atoms with E-state index in [1.54, 1.807) is 0 Å². The van der Waals surface area contributed by atoms with Gasteiger partial charge in [-0.15, -0.1) is 11.6 Å². The molecule has 98 valence electrons. The van der Waals surface area contributed by atoms with Gasteiger partial charge in [-0.3, -0.25) is 14.9 Å². The van der Waals surface area contributed by atoms with Crippen LogP contribution in [0.4, 0.5) is 5.88 Å². The molecule has 0 radical (unpaired) electrons. The van der Waals surface area contributed by atoms with Crippen LogP contribution in [0.3, 0.4) is 0 Å². The minimum absolute atomic E-state index is 0.0502. The first-order chi connectivity index (χ1) is 8.58. The summed E-state index contributed by atoms with van der Waals surface area (Å²) < 4.78 is 4.80. The summed E-state index contributed by atoms with van der Waals surface area (Å²) in [5.74, 6) is -0.665. The van der Waals surface area contributed by atoms with E-state index in [0.29, 0.717) is 6.54 Å². The van der Waals surface area contributed by atoms with Crippen molar-refractivity contribution in [3.8, 4) is 0 Å². The van der Waals surface area contributed by atoms with Gasteiger partial charge in [0.15, 0.2) is 5.76 Å². The highest BCUT2D eigenvalue weighted by atomic mass is 35.5. The maximum Gasteiger partial charge on any atom is 0.433 e. The number of furan rings is 1. The Morgan fingerprint density at radius 2 is 2.33 bits per heavy atom. The van der Waals surface area contributed by atoms with Crippen LogP contribution in [0.5, 0.6) is 0 Å². The molecule has 2 unspecified atom stereocenters. The average Bonchev–Trinajstić information content (AvgIpc) is 2.94. The van der Waals surface area contributed by atoms with Crippen molar-refractivity contribution in [2.75, 3.05) is 6.54 Å². The second kappa shape index (κ2) is 5.39. The van der Waals surface area contributed by atoms with Crippen molar-refractivity contribution in [3.63, 3.8) is 0 Å². The van der Waals surface area contributed by atoms with Crippen LogP contribution in [0.2, 0.25) is 0 Å². The third kappa shape index (κ3) is 2.81. The molecule has 0 aliphatic heterocycles. The Balaban J connectivity index is 1.89. The summed E-state index contributed by atoms with van der Waals surface area (Å²) in [6.45, 7) is 0.474. The summed E-state index contributed by atoms with van der Waals surface area (Å²) in [5.41, 5.74) is 0. The van der Waals surface area contributed by atoms with Gasteiger partial charge in [0.2, 0.25) is 0 Å². The Hall–Kier alpha value is -1.56.